The summed E-state index contributed by atoms with van der Waals surface area (Å²) in [5.41, 5.74) is 1.19. The fourth-order valence-corrected chi connectivity index (χ4v) is 2.23. The first kappa shape index (κ1) is 10.8. The maximum Gasteiger partial charge on any atom is 0.120 e. The van der Waals surface area contributed by atoms with Gasteiger partial charge in [0.05, 0.1) is 7.11 Å². The lowest BCUT2D eigenvalue weighted by atomic mass is 10.0. The van der Waals surface area contributed by atoms with E-state index in [1.54, 1.807) is 7.11 Å². The van der Waals surface area contributed by atoms with Gasteiger partial charge in [-0.2, -0.15) is 0 Å². The van der Waals surface area contributed by atoms with Crippen molar-refractivity contribution in [1.82, 2.24) is 4.90 Å². The number of halogens is 1. The highest BCUT2D eigenvalue weighted by atomic mass is 35.5. The lowest BCUT2D eigenvalue weighted by molar-refractivity contribution is 0.128. The van der Waals surface area contributed by atoms with Crippen molar-refractivity contribution in [2.24, 2.45) is 0 Å². The van der Waals surface area contributed by atoms with Crippen molar-refractivity contribution in [1.29, 1.82) is 0 Å². The Hall–Kier alpha value is -0.730. The Morgan fingerprint density at radius 2 is 2.13 bits per heavy atom. The predicted octanol–water partition coefficient (Wildman–Crippen LogP) is 3.12. The number of nitrogens with zero attached hydrogens (tertiary/aromatic N) is 1. The van der Waals surface area contributed by atoms with Gasteiger partial charge in [0.1, 0.15) is 5.75 Å². The number of ether oxygens (including phenoxy) is 1. The molecule has 0 saturated carbocycles. The first-order valence-corrected chi connectivity index (χ1v) is 5.67. The quantitative estimate of drug-likeness (QED) is 0.784. The average Bonchev–Trinajstić information content (AvgIpc) is 2.14. The van der Waals surface area contributed by atoms with Gasteiger partial charge in [-0.15, -0.1) is 0 Å². The molecule has 0 radical (unpaired) electrons. The molecule has 0 aliphatic carbocycles. The van der Waals surface area contributed by atoms with Crippen LogP contribution in [-0.2, 0) is 0 Å². The molecule has 0 spiro atoms. The molecule has 1 aromatic rings. The van der Waals surface area contributed by atoms with E-state index in [1.165, 1.54) is 25.1 Å². The first-order valence-electron chi connectivity index (χ1n) is 5.30. The Morgan fingerprint density at radius 1 is 1.40 bits per heavy atom. The third kappa shape index (κ3) is 2.11. The van der Waals surface area contributed by atoms with E-state index in [-0.39, 0.29) is 0 Å². The van der Waals surface area contributed by atoms with E-state index in [1.807, 2.05) is 12.1 Å². The molecule has 0 bridgehead atoms. The van der Waals surface area contributed by atoms with E-state index in [0.717, 1.165) is 10.8 Å². The fourth-order valence-electron chi connectivity index (χ4n) is 1.90. The minimum Gasteiger partial charge on any atom is -0.497 e. The van der Waals surface area contributed by atoms with Crippen LogP contribution in [0.15, 0.2) is 18.2 Å². The minimum atomic E-state index is 0.414. The summed E-state index contributed by atoms with van der Waals surface area (Å²) >= 11 is 6.22. The molecule has 1 aliphatic heterocycles. The summed E-state index contributed by atoms with van der Waals surface area (Å²) in [5, 5.41) is 0.800. The topological polar surface area (TPSA) is 12.5 Å². The van der Waals surface area contributed by atoms with Gasteiger partial charge in [-0.1, -0.05) is 17.7 Å². The van der Waals surface area contributed by atoms with Crippen molar-refractivity contribution in [2.75, 3.05) is 20.2 Å². The third-order valence-corrected chi connectivity index (χ3v) is 3.42. The van der Waals surface area contributed by atoms with E-state index in [9.17, 15) is 0 Å². The molecular weight excluding hydrogens is 210 g/mol. The van der Waals surface area contributed by atoms with Gasteiger partial charge in [0, 0.05) is 11.1 Å². The molecule has 1 unspecified atom stereocenters. The molecular formula is C12H16ClNO. The predicted molar refractivity (Wildman–Crippen MR) is 62.6 cm³/mol. The van der Waals surface area contributed by atoms with Crippen molar-refractivity contribution < 1.29 is 4.74 Å². The van der Waals surface area contributed by atoms with Gasteiger partial charge in [-0.3, -0.25) is 4.90 Å². The molecule has 0 aromatic heterocycles. The molecule has 2 rings (SSSR count). The van der Waals surface area contributed by atoms with Crippen molar-refractivity contribution in [3.63, 3.8) is 0 Å². The highest BCUT2D eigenvalue weighted by Gasteiger charge is 2.23. The van der Waals surface area contributed by atoms with Gasteiger partial charge in [-0.05, 0) is 44.1 Å². The Morgan fingerprint density at radius 3 is 2.60 bits per heavy atom. The maximum absolute atomic E-state index is 6.22. The van der Waals surface area contributed by atoms with Gasteiger partial charge in [0.25, 0.3) is 0 Å². The van der Waals surface area contributed by atoms with Gasteiger partial charge in [0.15, 0.2) is 0 Å². The Balaban J connectivity index is 2.19. The third-order valence-electron chi connectivity index (χ3n) is 3.10. The highest BCUT2D eigenvalue weighted by molar-refractivity contribution is 6.31. The zero-order valence-corrected chi connectivity index (χ0v) is 9.92. The second-order valence-electron chi connectivity index (χ2n) is 3.95. The normalized spacial score (nSPS) is 18.3. The number of likely N-dealkylation sites (tertiary alicyclic amines) is 1. The molecule has 3 heteroatoms. The Bertz CT molecular complexity index is 349. The van der Waals surface area contributed by atoms with Crippen molar-refractivity contribution in [3.05, 3.63) is 28.8 Å². The summed E-state index contributed by atoms with van der Waals surface area (Å²) in [6.45, 7) is 4.57. The van der Waals surface area contributed by atoms with Crippen molar-refractivity contribution in [2.45, 2.75) is 19.4 Å². The van der Waals surface area contributed by atoms with Crippen LogP contribution < -0.4 is 4.74 Å². The summed E-state index contributed by atoms with van der Waals surface area (Å²) in [6, 6.07) is 6.33. The van der Waals surface area contributed by atoms with Crippen LogP contribution >= 0.6 is 11.6 Å². The van der Waals surface area contributed by atoms with Crippen LogP contribution in [0.5, 0.6) is 5.75 Å². The number of rotatable bonds is 3. The van der Waals surface area contributed by atoms with Crippen LogP contribution in [0, 0.1) is 0 Å². The first-order chi connectivity index (χ1) is 7.22. The van der Waals surface area contributed by atoms with Crippen LogP contribution in [0.25, 0.3) is 0 Å². The largest absolute Gasteiger partial charge is 0.497 e. The summed E-state index contributed by atoms with van der Waals surface area (Å²) in [7, 11) is 1.66. The molecule has 0 N–H and O–H groups in total. The van der Waals surface area contributed by atoms with Crippen LogP contribution in [-0.4, -0.2) is 25.1 Å². The van der Waals surface area contributed by atoms with Crippen LogP contribution in [0.2, 0.25) is 5.02 Å². The van der Waals surface area contributed by atoms with E-state index in [0.29, 0.717) is 6.04 Å². The number of benzene rings is 1. The van der Waals surface area contributed by atoms with Crippen LogP contribution in [0.1, 0.15) is 24.9 Å². The van der Waals surface area contributed by atoms with Crippen LogP contribution in [0.4, 0.5) is 0 Å². The van der Waals surface area contributed by atoms with Gasteiger partial charge < -0.3 is 4.74 Å². The average molecular weight is 226 g/mol. The second kappa shape index (κ2) is 4.42. The molecule has 1 atom stereocenters. The van der Waals surface area contributed by atoms with E-state index in [4.69, 9.17) is 16.3 Å². The molecule has 1 saturated heterocycles. The molecule has 0 amide bonds. The van der Waals surface area contributed by atoms with Gasteiger partial charge in [0.2, 0.25) is 0 Å². The molecule has 1 heterocycles. The molecule has 2 nitrogen and oxygen atoms in total. The van der Waals surface area contributed by atoms with Gasteiger partial charge in [-0.25, -0.2) is 0 Å². The fraction of sp³-hybridized carbons (Fsp3) is 0.500. The number of methoxy groups -OCH3 is 1. The zero-order chi connectivity index (χ0) is 10.8. The maximum atomic E-state index is 6.22. The Kier molecular flexibility index (Phi) is 3.17. The summed E-state index contributed by atoms with van der Waals surface area (Å²) in [5.74, 6) is 0.819. The zero-order valence-electron chi connectivity index (χ0n) is 9.16. The molecule has 1 aliphatic rings. The van der Waals surface area contributed by atoms with E-state index in [2.05, 4.69) is 17.9 Å². The van der Waals surface area contributed by atoms with E-state index < -0.39 is 0 Å². The smallest absolute Gasteiger partial charge is 0.120 e. The van der Waals surface area contributed by atoms with E-state index >= 15 is 0 Å². The summed E-state index contributed by atoms with van der Waals surface area (Å²) in [6.07, 6.45) is 1.30. The minimum absolute atomic E-state index is 0.414. The summed E-state index contributed by atoms with van der Waals surface area (Å²) in [4.78, 5) is 2.42. The Labute approximate surface area is 95.8 Å². The SMILES string of the molecule is COc1ccc(C(C)N2CCC2)c(Cl)c1. The standard InChI is InChI=1S/C12H16ClNO/c1-9(14-6-3-7-14)11-5-4-10(15-2)8-12(11)13/h4-5,8-9H,3,6-7H2,1-2H3. The lowest BCUT2D eigenvalue weighted by Gasteiger charge is -2.37. The molecule has 1 aromatic carbocycles. The van der Waals surface area contributed by atoms with Crippen LogP contribution in [0.3, 0.4) is 0 Å². The van der Waals surface area contributed by atoms with Crippen molar-refractivity contribution in [3.8, 4) is 5.75 Å². The second-order valence-corrected chi connectivity index (χ2v) is 4.36. The molecule has 15 heavy (non-hydrogen) atoms. The lowest BCUT2D eigenvalue weighted by Crippen LogP contribution is -2.39. The highest BCUT2D eigenvalue weighted by Crippen LogP contribution is 2.32. The van der Waals surface area contributed by atoms with Gasteiger partial charge >= 0.3 is 0 Å². The number of hydrogen-bond donors (Lipinski definition) is 0. The van der Waals surface area contributed by atoms with Crippen molar-refractivity contribution >= 4 is 11.6 Å². The number of hydrogen-bond acceptors (Lipinski definition) is 2. The molecule has 1 fully saturated rings. The summed E-state index contributed by atoms with van der Waals surface area (Å²) < 4.78 is 5.13. The molecule has 82 valence electrons. The monoisotopic (exact) mass is 225 g/mol.